The molecular weight excluding hydrogens is 353 g/mol. The molecule has 0 spiro atoms. The lowest BCUT2D eigenvalue weighted by Gasteiger charge is -2.05. The number of amides is 1. The van der Waals surface area contributed by atoms with Crippen molar-refractivity contribution in [3.8, 4) is 0 Å². The Bertz CT molecular complexity index is 1240. The smallest absolute Gasteiger partial charge is 0.254 e. The van der Waals surface area contributed by atoms with Crippen LogP contribution in [0.4, 0.5) is 4.39 Å². The molecule has 4 nitrogen and oxygen atoms in total. The zero-order chi connectivity index (χ0) is 19.1. The molecule has 28 heavy (non-hydrogen) atoms. The largest absolute Gasteiger partial charge is 0.349 e. The number of nitrogens with zero attached hydrogens (tertiary/aromatic N) is 1. The van der Waals surface area contributed by atoms with E-state index in [0.717, 1.165) is 29.2 Å². The molecule has 2 N–H and O–H groups in total. The van der Waals surface area contributed by atoms with E-state index in [2.05, 4.69) is 39.8 Å². The van der Waals surface area contributed by atoms with Crippen molar-refractivity contribution in [3.05, 3.63) is 77.2 Å². The van der Waals surface area contributed by atoms with Gasteiger partial charge in [-0.15, -0.1) is 0 Å². The highest BCUT2D eigenvalue weighted by Crippen LogP contribution is 2.25. The van der Waals surface area contributed by atoms with Crippen LogP contribution in [0.3, 0.4) is 0 Å². The molecule has 1 aromatic heterocycles. The van der Waals surface area contributed by atoms with Crippen molar-refractivity contribution in [2.75, 3.05) is 0 Å². The summed E-state index contributed by atoms with van der Waals surface area (Å²) in [4.78, 5) is 12.3. The molecule has 5 rings (SSSR count). The molecule has 0 radical (unpaired) electrons. The van der Waals surface area contributed by atoms with Gasteiger partial charge in [0.25, 0.3) is 5.91 Å². The minimum Gasteiger partial charge on any atom is -0.349 e. The summed E-state index contributed by atoms with van der Waals surface area (Å²) in [5.41, 5.74) is 2.34. The number of H-pyrrole nitrogens is 1. The van der Waals surface area contributed by atoms with Crippen LogP contribution in [0.2, 0.25) is 0 Å². The lowest BCUT2D eigenvalue weighted by Crippen LogP contribution is -2.26. The predicted molar refractivity (Wildman–Crippen MR) is 109 cm³/mol. The van der Waals surface area contributed by atoms with Crippen LogP contribution in [0.5, 0.6) is 0 Å². The van der Waals surface area contributed by atoms with Crippen molar-refractivity contribution < 1.29 is 9.18 Å². The first kappa shape index (κ1) is 16.7. The van der Waals surface area contributed by atoms with Crippen molar-refractivity contribution in [3.63, 3.8) is 0 Å². The van der Waals surface area contributed by atoms with Crippen LogP contribution in [0.25, 0.3) is 33.8 Å². The number of aromatic amines is 1. The third-order valence-electron chi connectivity index (χ3n) is 5.04. The van der Waals surface area contributed by atoms with Crippen LogP contribution < -0.4 is 5.32 Å². The van der Waals surface area contributed by atoms with E-state index in [-0.39, 0.29) is 17.5 Å². The van der Waals surface area contributed by atoms with Crippen LogP contribution in [0, 0.1) is 5.82 Å². The van der Waals surface area contributed by atoms with Gasteiger partial charge in [0.15, 0.2) is 0 Å². The second kappa shape index (κ2) is 6.60. The normalized spacial score (nSPS) is 14.2. The molecule has 0 aliphatic heterocycles. The Morgan fingerprint density at radius 1 is 1.07 bits per heavy atom. The number of hydrogen-bond acceptors (Lipinski definition) is 2. The van der Waals surface area contributed by atoms with Gasteiger partial charge in [-0.2, -0.15) is 5.10 Å². The number of carbonyl (C=O) groups is 1. The summed E-state index contributed by atoms with van der Waals surface area (Å²) >= 11 is 0. The highest BCUT2D eigenvalue weighted by Gasteiger charge is 2.25. The predicted octanol–water partition coefficient (Wildman–Crippen LogP) is 4.92. The summed E-state index contributed by atoms with van der Waals surface area (Å²) in [7, 11) is 0. The summed E-state index contributed by atoms with van der Waals surface area (Å²) < 4.78 is 14.3. The van der Waals surface area contributed by atoms with E-state index in [1.807, 2.05) is 30.4 Å². The second-order valence-electron chi connectivity index (χ2n) is 7.17. The number of halogens is 1. The number of benzene rings is 3. The molecule has 138 valence electrons. The molecule has 0 atom stereocenters. The van der Waals surface area contributed by atoms with Crippen molar-refractivity contribution in [1.29, 1.82) is 0 Å². The zero-order valence-electron chi connectivity index (χ0n) is 15.1. The lowest BCUT2D eigenvalue weighted by atomic mass is 10.1. The maximum Gasteiger partial charge on any atom is 0.254 e. The molecule has 0 bridgehead atoms. The van der Waals surface area contributed by atoms with Crippen LogP contribution in [0.1, 0.15) is 34.5 Å². The summed E-state index contributed by atoms with van der Waals surface area (Å²) in [5.74, 6) is -0.910. The highest BCUT2D eigenvalue weighted by atomic mass is 19.1. The topological polar surface area (TPSA) is 57.8 Å². The average molecular weight is 371 g/mol. The Morgan fingerprint density at radius 2 is 1.89 bits per heavy atom. The van der Waals surface area contributed by atoms with Crippen LogP contribution >= 0.6 is 0 Å². The van der Waals surface area contributed by atoms with Gasteiger partial charge in [-0.1, -0.05) is 42.5 Å². The van der Waals surface area contributed by atoms with Gasteiger partial charge in [0, 0.05) is 17.5 Å². The first-order valence-corrected chi connectivity index (χ1v) is 9.33. The number of rotatable bonds is 4. The Kier molecular flexibility index (Phi) is 3.93. The van der Waals surface area contributed by atoms with E-state index in [1.54, 1.807) is 6.07 Å². The van der Waals surface area contributed by atoms with Gasteiger partial charge < -0.3 is 5.32 Å². The molecule has 0 saturated heterocycles. The van der Waals surface area contributed by atoms with Crippen LogP contribution in [-0.4, -0.2) is 22.1 Å². The monoisotopic (exact) mass is 371 g/mol. The quantitative estimate of drug-likeness (QED) is 0.535. The van der Waals surface area contributed by atoms with Gasteiger partial charge in [-0.05, 0) is 47.4 Å². The Labute approximate surface area is 161 Å². The maximum absolute atomic E-state index is 14.3. The summed E-state index contributed by atoms with van der Waals surface area (Å²) in [6.07, 6.45) is 5.76. The van der Waals surface area contributed by atoms with Crippen molar-refractivity contribution >= 4 is 39.7 Å². The number of aromatic nitrogens is 2. The molecular formula is C23H18FN3O. The molecule has 1 heterocycles. The average Bonchev–Trinajstić information content (AvgIpc) is 3.44. The number of hydrogen-bond donors (Lipinski definition) is 2. The van der Waals surface area contributed by atoms with E-state index in [0.29, 0.717) is 11.2 Å². The minimum absolute atomic E-state index is 0.0566. The third-order valence-corrected chi connectivity index (χ3v) is 5.04. The van der Waals surface area contributed by atoms with E-state index < -0.39 is 5.82 Å². The molecule has 1 saturated carbocycles. The molecule has 4 aromatic rings. The fraction of sp³-hybridized carbons (Fsp3) is 0.130. The van der Waals surface area contributed by atoms with Gasteiger partial charge in [-0.25, -0.2) is 4.39 Å². The minimum atomic E-state index is -0.542. The SMILES string of the molecule is O=C(NC1CC1)c1cc2c(/C=C/c3ccc4ccccc4c3)n[nH]c2cc1F. The fourth-order valence-electron chi connectivity index (χ4n) is 3.34. The van der Waals surface area contributed by atoms with Crippen molar-refractivity contribution in [1.82, 2.24) is 15.5 Å². The van der Waals surface area contributed by atoms with Gasteiger partial charge in [0.1, 0.15) is 5.82 Å². The molecule has 1 aliphatic carbocycles. The lowest BCUT2D eigenvalue weighted by molar-refractivity contribution is 0.0947. The molecule has 1 aliphatic rings. The van der Waals surface area contributed by atoms with E-state index in [1.165, 1.54) is 11.5 Å². The van der Waals surface area contributed by atoms with E-state index >= 15 is 0 Å². The van der Waals surface area contributed by atoms with E-state index in [4.69, 9.17) is 0 Å². The van der Waals surface area contributed by atoms with Gasteiger partial charge in [0.05, 0.1) is 16.8 Å². The zero-order valence-corrected chi connectivity index (χ0v) is 15.1. The molecule has 1 fully saturated rings. The van der Waals surface area contributed by atoms with Gasteiger partial charge in [-0.3, -0.25) is 9.89 Å². The molecule has 5 heteroatoms. The highest BCUT2D eigenvalue weighted by molar-refractivity contribution is 6.00. The third kappa shape index (κ3) is 3.16. The van der Waals surface area contributed by atoms with Gasteiger partial charge in [0.2, 0.25) is 0 Å². The van der Waals surface area contributed by atoms with Crippen LogP contribution in [0.15, 0.2) is 54.6 Å². The number of carbonyl (C=O) groups excluding carboxylic acids is 1. The van der Waals surface area contributed by atoms with E-state index in [9.17, 15) is 9.18 Å². The Balaban J connectivity index is 1.49. The van der Waals surface area contributed by atoms with Crippen molar-refractivity contribution in [2.45, 2.75) is 18.9 Å². The number of fused-ring (bicyclic) bond motifs is 2. The van der Waals surface area contributed by atoms with Crippen molar-refractivity contribution in [2.24, 2.45) is 0 Å². The fourth-order valence-corrected chi connectivity index (χ4v) is 3.34. The Morgan fingerprint density at radius 3 is 2.71 bits per heavy atom. The van der Waals surface area contributed by atoms with Gasteiger partial charge >= 0.3 is 0 Å². The summed E-state index contributed by atoms with van der Waals surface area (Å²) in [6.45, 7) is 0. The summed E-state index contributed by atoms with van der Waals surface area (Å²) in [5, 5.41) is 13.0. The first-order chi connectivity index (χ1) is 13.7. The van der Waals surface area contributed by atoms with Crippen LogP contribution in [-0.2, 0) is 0 Å². The molecule has 0 unspecified atom stereocenters. The maximum atomic E-state index is 14.3. The standard InChI is InChI=1S/C23H18FN3O/c24-20-13-22-19(12-18(20)23(28)25-17-8-9-17)21(26-27-22)10-6-14-5-7-15-3-1-2-4-16(15)11-14/h1-7,10-13,17H,8-9H2,(H,25,28)(H,26,27)/b10-6+. The Hall–Kier alpha value is -3.47. The molecule has 1 amide bonds. The number of nitrogens with one attached hydrogen (secondary N) is 2. The summed E-state index contributed by atoms with van der Waals surface area (Å²) in [6, 6.07) is 17.5. The second-order valence-corrected chi connectivity index (χ2v) is 7.17. The first-order valence-electron chi connectivity index (χ1n) is 9.33. The molecule has 3 aromatic carbocycles.